The second-order valence-electron chi connectivity index (χ2n) is 3.86. The molecule has 6 heteroatoms. The van der Waals surface area contributed by atoms with Gasteiger partial charge in [-0.1, -0.05) is 0 Å². The van der Waals surface area contributed by atoms with E-state index in [9.17, 15) is 14.0 Å². The van der Waals surface area contributed by atoms with Gasteiger partial charge in [-0.25, -0.2) is 14.2 Å². The molecule has 0 spiro atoms. The Morgan fingerprint density at radius 3 is 2.82 bits per heavy atom. The maximum absolute atomic E-state index is 12.7. The second-order valence-corrected chi connectivity index (χ2v) is 3.86. The predicted octanol–water partition coefficient (Wildman–Crippen LogP) is 0.910. The van der Waals surface area contributed by atoms with Crippen LogP contribution >= 0.6 is 0 Å². The van der Waals surface area contributed by atoms with Crippen molar-refractivity contribution in [3.05, 3.63) is 29.8 Å². The fourth-order valence-corrected chi connectivity index (χ4v) is 1.92. The van der Waals surface area contributed by atoms with Gasteiger partial charge >= 0.3 is 5.97 Å². The van der Waals surface area contributed by atoms with Gasteiger partial charge in [0.15, 0.2) is 0 Å². The molecule has 2 rings (SSSR count). The van der Waals surface area contributed by atoms with Crippen LogP contribution in [0.15, 0.2) is 18.3 Å². The summed E-state index contributed by atoms with van der Waals surface area (Å²) >= 11 is 0. The second kappa shape index (κ2) is 4.48. The predicted molar refractivity (Wildman–Crippen MR) is 55.9 cm³/mol. The lowest BCUT2D eigenvalue weighted by Gasteiger charge is -2.20. The largest absolute Gasteiger partial charge is 0.480 e. The minimum atomic E-state index is -1.02. The number of pyridine rings is 1. The lowest BCUT2D eigenvalue weighted by atomic mass is 10.2. The molecule has 0 aliphatic carbocycles. The number of hydrogen-bond acceptors (Lipinski definition) is 3. The van der Waals surface area contributed by atoms with Gasteiger partial charge < -0.3 is 10.0 Å². The van der Waals surface area contributed by atoms with Gasteiger partial charge in [0, 0.05) is 6.54 Å². The van der Waals surface area contributed by atoms with E-state index < -0.39 is 23.7 Å². The number of hydrogen-bond donors (Lipinski definition) is 1. The Balaban J connectivity index is 2.19. The molecule has 2 heterocycles. The van der Waals surface area contributed by atoms with Crippen LogP contribution in [0, 0.1) is 5.82 Å². The highest BCUT2D eigenvalue weighted by Crippen LogP contribution is 2.19. The van der Waals surface area contributed by atoms with Crippen molar-refractivity contribution in [1.82, 2.24) is 9.88 Å². The summed E-state index contributed by atoms with van der Waals surface area (Å²) in [5.74, 6) is -2.01. The van der Waals surface area contributed by atoms with Crippen LogP contribution in [0.2, 0.25) is 0 Å². The van der Waals surface area contributed by atoms with Crippen LogP contribution in [0.1, 0.15) is 23.3 Å². The molecular weight excluding hydrogens is 227 g/mol. The van der Waals surface area contributed by atoms with E-state index in [4.69, 9.17) is 5.11 Å². The molecule has 1 atom stereocenters. The molecule has 1 fully saturated rings. The van der Waals surface area contributed by atoms with Gasteiger partial charge in [-0.15, -0.1) is 0 Å². The van der Waals surface area contributed by atoms with Crippen molar-refractivity contribution in [1.29, 1.82) is 0 Å². The molecule has 1 aliphatic rings. The van der Waals surface area contributed by atoms with E-state index >= 15 is 0 Å². The molecule has 1 saturated heterocycles. The standard InChI is InChI=1S/C11H11FN2O3/c12-7-3-4-8(13-6-7)10(15)14-5-1-2-9(14)11(16)17/h3-4,6,9H,1-2,5H2,(H,16,17). The first-order valence-corrected chi connectivity index (χ1v) is 5.25. The van der Waals surface area contributed by atoms with E-state index in [-0.39, 0.29) is 5.69 Å². The number of rotatable bonds is 2. The van der Waals surface area contributed by atoms with Crippen molar-refractivity contribution in [3.63, 3.8) is 0 Å². The minimum absolute atomic E-state index is 0.0690. The number of carbonyl (C=O) groups is 2. The molecule has 1 amide bonds. The molecule has 1 aromatic heterocycles. The fourth-order valence-electron chi connectivity index (χ4n) is 1.92. The number of amides is 1. The number of halogens is 1. The minimum Gasteiger partial charge on any atom is -0.480 e. The summed E-state index contributed by atoms with van der Waals surface area (Å²) in [7, 11) is 0. The SMILES string of the molecule is O=C(O)C1CCCN1C(=O)c1ccc(F)cn1. The van der Waals surface area contributed by atoms with Gasteiger partial charge in [-0.3, -0.25) is 4.79 Å². The normalized spacial score (nSPS) is 19.4. The molecule has 0 aromatic carbocycles. The van der Waals surface area contributed by atoms with Gasteiger partial charge in [0.2, 0.25) is 0 Å². The average Bonchev–Trinajstić information content (AvgIpc) is 2.78. The highest BCUT2D eigenvalue weighted by molar-refractivity contribution is 5.95. The lowest BCUT2D eigenvalue weighted by Crippen LogP contribution is -2.40. The van der Waals surface area contributed by atoms with Gasteiger partial charge in [0.25, 0.3) is 5.91 Å². The molecule has 1 aromatic rings. The van der Waals surface area contributed by atoms with Crippen LogP contribution in [0.3, 0.4) is 0 Å². The van der Waals surface area contributed by atoms with E-state index in [2.05, 4.69) is 4.98 Å². The van der Waals surface area contributed by atoms with Crippen LogP contribution in [-0.2, 0) is 4.79 Å². The molecule has 0 bridgehead atoms. The summed E-state index contributed by atoms with van der Waals surface area (Å²) in [6.07, 6.45) is 2.05. The van der Waals surface area contributed by atoms with Crippen LogP contribution in [-0.4, -0.2) is 39.5 Å². The Kier molecular flexibility index (Phi) is 3.03. The molecule has 1 unspecified atom stereocenters. The number of aromatic nitrogens is 1. The molecule has 90 valence electrons. The van der Waals surface area contributed by atoms with Crippen LogP contribution in [0.25, 0.3) is 0 Å². The van der Waals surface area contributed by atoms with E-state index in [1.165, 1.54) is 11.0 Å². The zero-order chi connectivity index (χ0) is 12.4. The number of carboxylic acids is 1. The molecule has 1 N–H and O–H groups in total. The Morgan fingerprint density at radius 2 is 2.24 bits per heavy atom. The first-order valence-electron chi connectivity index (χ1n) is 5.25. The quantitative estimate of drug-likeness (QED) is 0.831. The number of aliphatic carboxylic acids is 1. The molecule has 5 nitrogen and oxygen atoms in total. The van der Waals surface area contributed by atoms with E-state index in [0.717, 1.165) is 12.3 Å². The van der Waals surface area contributed by atoms with Crippen LogP contribution in [0.5, 0.6) is 0 Å². The van der Waals surface area contributed by atoms with Crippen LogP contribution in [0.4, 0.5) is 4.39 Å². The first kappa shape index (κ1) is 11.5. The van der Waals surface area contributed by atoms with Crippen molar-refractivity contribution in [3.8, 4) is 0 Å². The summed E-state index contributed by atoms with van der Waals surface area (Å²) in [4.78, 5) is 27.8. The summed E-state index contributed by atoms with van der Waals surface area (Å²) in [6.45, 7) is 0.398. The van der Waals surface area contributed by atoms with E-state index in [0.29, 0.717) is 19.4 Å². The third kappa shape index (κ3) is 2.25. The molecule has 1 aliphatic heterocycles. The van der Waals surface area contributed by atoms with Crippen molar-refractivity contribution in [2.75, 3.05) is 6.54 Å². The van der Waals surface area contributed by atoms with Gasteiger partial charge in [0.05, 0.1) is 6.20 Å². The van der Waals surface area contributed by atoms with Crippen molar-refractivity contribution in [2.45, 2.75) is 18.9 Å². The highest BCUT2D eigenvalue weighted by atomic mass is 19.1. The number of nitrogens with zero attached hydrogens (tertiary/aromatic N) is 2. The molecular formula is C11H11FN2O3. The Bertz CT molecular complexity index is 447. The summed E-state index contributed by atoms with van der Waals surface area (Å²) in [5.41, 5.74) is 0.0690. The summed E-state index contributed by atoms with van der Waals surface area (Å²) < 4.78 is 12.7. The van der Waals surface area contributed by atoms with E-state index in [1.807, 2.05) is 0 Å². The molecule has 0 saturated carbocycles. The maximum Gasteiger partial charge on any atom is 0.326 e. The zero-order valence-electron chi connectivity index (χ0n) is 8.97. The first-order chi connectivity index (χ1) is 8.09. The number of carbonyl (C=O) groups excluding carboxylic acids is 1. The Morgan fingerprint density at radius 1 is 1.47 bits per heavy atom. The fraction of sp³-hybridized carbons (Fsp3) is 0.364. The number of likely N-dealkylation sites (tertiary alicyclic amines) is 1. The smallest absolute Gasteiger partial charge is 0.326 e. The maximum atomic E-state index is 12.7. The van der Waals surface area contributed by atoms with Gasteiger partial charge in [-0.05, 0) is 25.0 Å². The monoisotopic (exact) mass is 238 g/mol. The zero-order valence-corrected chi connectivity index (χ0v) is 8.97. The summed E-state index contributed by atoms with van der Waals surface area (Å²) in [5, 5.41) is 8.95. The van der Waals surface area contributed by atoms with E-state index in [1.54, 1.807) is 0 Å². The average molecular weight is 238 g/mol. The Hall–Kier alpha value is -1.98. The third-order valence-corrected chi connectivity index (χ3v) is 2.75. The third-order valence-electron chi connectivity index (χ3n) is 2.75. The molecule has 17 heavy (non-hydrogen) atoms. The number of carboxylic acid groups (broad SMARTS) is 1. The van der Waals surface area contributed by atoms with Crippen LogP contribution < -0.4 is 0 Å². The van der Waals surface area contributed by atoms with Gasteiger partial charge in [-0.2, -0.15) is 0 Å². The summed E-state index contributed by atoms with van der Waals surface area (Å²) in [6, 6.07) is 1.59. The highest BCUT2D eigenvalue weighted by Gasteiger charge is 2.34. The van der Waals surface area contributed by atoms with Crippen molar-refractivity contribution < 1.29 is 19.1 Å². The van der Waals surface area contributed by atoms with Crippen molar-refractivity contribution >= 4 is 11.9 Å². The van der Waals surface area contributed by atoms with Crippen molar-refractivity contribution in [2.24, 2.45) is 0 Å². The lowest BCUT2D eigenvalue weighted by molar-refractivity contribution is -0.141. The Labute approximate surface area is 96.9 Å². The topological polar surface area (TPSA) is 70.5 Å². The molecule has 0 radical (unpaired) electrons. The van der Waals surface area contributed by atoms with Gasteiger partial charge in [0.1, 0.15) is 17.6 Å².